The molecule has 1 aromatic carbocycles. The highest BCUT2D eigenvalue weighted by molar-refractivity contribution is 5.33. The van der Waals surface area contributed by atoms with Crippen molar-refractivity contribution >= 4 is 6.08 Å². The maximum atomic E-state index is 9.74. The molecule has 4 heteroatoms. The summed E-state index contributed by atoms with van der Waals surface area (Å²) in [5.41, 5.74) is 0. The molecule has 0 saturated heterocycles. The van der Waals surface area contributed by atoms with E-state index in [0.29, 0.717) is 12.4 Å². The highest BCUT2D eigenvalue weighted by Gasteiger charge is 1.94. The van der Waals surface area contributed by atoms with Crippen LogP contribution in [0.4, 0.5) is 0 Å². The number of isocyanates is 1. The molecule has 0 aliphatic carbocycles. The van der Waals surface area contributed by atoms with E-state index in [1.54, 1.807) is 24.3 Å². The van der Waals surface area contributed by atoms with Crippen molar-refractivity contribution in [1.82, 2.24) is 0 Å². The number of nitrogens with zero attached hydrogens (tertiary/aromatic N) is 1. The van der Waals surface area contributed by atoms with E-state index < -0.39 is 0 Å². The van der Waals surface area contributed by atoms with Gasteiger partial charge in [-0.3, -0.25) is 0 Å². The van der Waals surface area contributed by atoms with Crippen LogP contribution in [0, 0.1) is 0 Å². The minimum atomic E-state index is -0.00250. The van der Waals surface area contributed by atoms with Gasteiger partial charge >= 0.3 is 0 Å². The summed E-state index contributed by atoms with van der Waals surface area (Å²) in [4.78, 5) is 13.0. The van der Waals surface area contributed by atoms with Crippen molar-refractivity contribution in [2.45, 2.75) is 6.92 Å². The molecule has 0 N–H and O–H groups in total. The number of hydrogen-bond donors (Lipinski definition) is 0. The smallest absolute Gasteiger partial charge is 0.238 e. The number of benzene rings is 1. The molecule has 0 aliphatic rings. The van der Waals surface area contributed by atoms with Gasteiger partial charge in [-0.05, 0) is 31.2 Å². The standard InChI is InChI=1S/C10H11NO3/c1-2-13-9-3-5-10(6-4-9)14-8-11-7-12/h3-6H,2,8H2,1H3. The lowest BCUT2D eigenvalue weighted by molar-refractivity contribution is 0.324. The monoisotopic (exact) mass is 193 g/mol. The Morgan fingerprint density at radius 3 is 2.29 bits per heavy atom. The summed E-state index contributed by atoms with van der Waals surface area (Å²) in [5, 5.41) is 0. The molecule has 0 bridgehead atoms. The van der Waals surface area contributed by atoms with Crippen LogP contribution in [0.2, 0.25) is 0 Å². The van der Waals surface area contributed by atoms with E-state index in [4.69, 9.17) is 9.47 Å². The Hall–Kier alpha value is -1.80. The van der Waals surface area contributed by atoms with Crippen LogP contribution >= 0.6 is 0 Å². The average molecular weight is 193 g/mol. The van der Waals surface area contributed by atoms with Gasteiger partial charge in [-0.15, -0.1) is 0 Å². The maximum absolute atomic E-state index is 9.74. The molecule has 0 fully saturated rings. The Bertz CT molecular complexity index is 315. The molecule has 14 heavy (non-hydrogen) atoms. The maximum Gasteiger partial charge on any atom is 0.238 e. The second kappa shape index (κ2) is 5.78. The Kier molecular flexibility index (Phi) is 4.24. The van der Waals surface area contributed by atoms with Crippen LogP contribution in [0.15, 0.2) is 29.3 Å². The van der Waals surface area contributed by atoms with E-state index in [9.17, 15) is 4.79 Å². The van der Waals surface area contributed by atoms with Gasteiger partial charge < -0.3 is 9.47 Å². The van der Waals surface area contributed by atoms with Gasteiger partial charge in [-0.2, -0.15) is 4.99 Å². The molecular weight excluding hydrogens is 182 g/mol. The van der Waals surface area contributed by atoms with Gasteiger partial charge in [0.2, 0.25) is 6.08 Å². The number of carbonyl (C=O) groups excluding carboxylic acids is 1. The Labute approximate surface area is 82.2 Å². The van der Waals surface area contributed by atoms with Crippen LogP contribution in [-0.2, 0) is 4.79 Å². The number of rotatable bonds is 5. The molecule has 0 amide bonds. The van der Waals surface area contributed by atoms with Crippen molar-refractivity contribution < 1.29 is 14.3 Å². The first-order valence-corrected chi connectivity index (χ1v) is 4.26. The fourth-order valence-corrected chi connectivity index (χ4v) is 0.932. The predicted octanol–water partition coefficient (Wildman–Crippen LogP) is 1.76. The van der Waals surface area contributed by atoms with Crippen molar-refractivity contribution in [3.8, 4) is 11.5 Å². The van der Waals surface area contributed by atoms with Crippen LogP contribution in [0.1, 0.15) is 6.92 Å². The minimum absolute atomic E-state index is 0.00250. The largest absolute Gasteiger partial charge is 0.494 e. The molecule has 4 nitrogen and oxygen atoms in total. The summed E-state index contributed by atoms with van der Waals surface area (Å²) in [6.07, 6.45) is 1.39. The normalized spacial score (nSPS) is 8.93. The van der Waals surface area contributed by atoms with Gasteiger partial charge in [0.15, 0.2) is 6.73 Å². The fraction of sp³-hybridized carbons (Fsp3) is 0.300. The molecule has 0 aliphatic heterocycles. The van der Waals surface area contributed by atoms with Crippen molar-refractivity contribution in [2.75, 3.05) is 13.3 Å². The van der Waals surface area contributed by atoms with E-state index >= 15 is 0 Å². The summed E-state index contributed by atoms with van der Waals surface area (Å²) < 4.78 is 10.3. The minimum Gasteiger partial charge on any atom is -0.494 e. The zero-order valence-corrected chi connectivity index (χ0v) is 7.90. The zero-order valence-electron chi connectivity index (χ0n) is 7.90. The van der Waals surface area contributed by atoms with Gasteiger partial charge in [0.05, 0.1) is 6.61 Å². The molecule has 0 spiro atoms. The number of aliphatic imine (C=N–C) groups is 1. The molecule has 74 valence electrons. The molecule has 1 aromatic rings. The molecule has 0 atom stereocenters. The summed E-state index contributed by atoms with van der Waals surface area (Å²) >= 11 is 0. The van der Waals surface area contributed by atoms with Gasteiger partial charge in [-0.1, -0.05) is 0 Å². The van der Waals surface area contributed by atoms with Crippen LogP contribution < -0.4 is 9.47 Å². The lowest BCUT2D eigenvalue weighted by Crippen LogP contribution is -1.94. The second-order valence-corrected chi connectivity index (χ2v) is 2.43. The molecule has 0 saturated carbocycles. The molecule has 1 rings (SSSR count). The van der Waals surface area contributed by atoms with Gasteiger partial charge in [0.25, 0.3) is 0 Å². The lowest BCUT2D eigenvalue weighted by atomic mass is 10.3. The third-order valence-electron chi connectivity index (χ3n) is 1.50. The molecule has 0 aromatic heterocycles. The first-order valence-electron chi connectivity index (χ1n) is 4.26. The average Bonchev–Trinajstić information content (AvgIpc) is 2.21. The van der Waals surface area contributed by atoms with Gasteiger partial charge in [-0.25, -0.2) is 4.79 Å². The Balaban J connectivity index is 2.50. The van der Waals surface area contributed by atoms with Gasteiger partial charge in [0, 0.05) is 0 Å². The van der Waals surface area contributed by atoms with Crippen molar-refractivity contribution in [2.24, 2.45) is 4.99 Å². The van der Waals surface area contributed by atoms with Crippen LogP contribution in [0.25, 0.3) is 0 Å². The molecular formula is C10H11NO3. The second-order valence-electron chi connectivity index (χ2n) is 2.43. The topological polar surface area (TPSA) is 47.9 Å². The van der Waals surface area contributed by atoms with Crippen molar-refractivity contribution in [3.63, 3.8) is 0 Å². The lowest BCUT2D eigenvalue weighted by Gasteiger charge is -2.04. The van der Waals surface area contributed by atoms with E-state index in [0.717, 1.165) is 5.75 Å². The first kappa shape index (κ1) is 10.3. The molecule has 0 heterocycles. The third kappa shape index (κ3) is 3.29. The third-order valence-corrected chi connectivity index (χ3v) is 1.50. The summed E-state index contributed by atoms with van der Waals surface area (Å²) in [6.45, 7) is 2.55. The Morgan fingerprint density at radius 1 is 1.21 bits per heavy atom. The molecule has 0 radical (unpaired) electrons. The fourth-order valence-electron chi connectivity index (χ4n) is 0.932. The van der Waals surface area contributed by atoms with E-state index in [1.807, 2.05) is 6.92 Å². The van der Waals surface area contributed by atoms with Gasteiger partial charge in [0.1, 0.15) is 11.5 Å². The Morgan fingerprint density at radius 2 is 1.79 bits per heavy atom. The van der Waals surface area contributed by atoms with Crippen molar-refractivity contribution in [3.05, 3.63) is 24.3 Å². The van der Waals surface area contributed by atoms with E-state index in [-0.39, 0.29) is 6.73 Å². The quantitative estimate of drug-likeness (QED) is 0.528. The summed E-state index contributed by atoms with van der Waals surface area (Å²) in [7, 11) is 0. The summed E-state index contributed by atoms with van der Waals surface area (Å²) in [5.74, 6) is 1.44. The predicted molar refractivity (Wildman–Crippen MR) is 51.2 cm³/mol. The SMILES string of the molecule is CCOc1ccc(OCN=C=O)cc1. The highest BCUT2D eigenvalue weighted by Crippen LogP contribution is 2.17. The van der Waals surface area contributed by atoms with Crippen molar-refractivity contribution in [1.29, 1.82) is 0 Å². The van der Waals surface area contributed by atoms with Crippen LogP contribution in [0.3, 0.4) is 0 Å². The first-order chi connectivity index (χ1) is 6.86. The van der Waals surface area contributed by atoms with E-state index in [2.05, 4.69) is 4.99 Å². The van der Waals surface area contributed by atoms with E-state index in [1.165, 1.54) is 6.08 Å². The number of hydrogen-bond acceptors (Lipinski definition) is 4. The highest BCUT2D eigenvalue weighted by atomic mass is 16.5. The summed E-state index contributed by atoms with van der Waals surface area (Å²) in [6, 6.07) is 7.10. The number of ether oxygens (including phenoxy) is 2. The van der Waals surface area contributed by atoms with Crippen LogP contribution in [-0.4, -0.2) is 19.4 Å². The molecule has 0 unspecified atom stereocenters. The zero-order chi connectivity index (χ0) is 10.2. The van der Waals surface area contributed by atoms with Crippen LogP contribution in [0.5, 0.6) is 11.5 Å².